The van der Waals surface area contributed by atoms with Crippen LogP contribution in [0.2, 0.25) is 0 Å². The Morgan fingerprint density at radius 1 is 1.07 bits per heavy atom. The monoisotopic (exact) mass is 234 g/mol. The molecule has 0 aromatic carbocycles. The lowest BCUT2D eigenvalue weighted by molar-refractivity contribution is 1.59. The number of hydrogen-bond acceptors (Lipinski definition) is 2. The third kappa shape index (κ3) is 2.21. The molecule has 0 aliphatic rings. The van der Waals surface area contributed by atoms with E-state index in [1.807, 2.05) is 22.7 Å². The summed E-state index contributed by atoms with van der Waals surface area (Å²) < 4.78 is 0. The van der Waals surface area contributed by atoms with Gasteiger partial charge in [-0.1, -0.05) is 12.2 Å². The fourth-order valence-corrected chi connectivity index (χ4v) is 3.49. The van der Waals surface area contributed by atoms with E-state index in [-0.39, 0.29) is 0 Å². The van der Waals surface area contributed by atoms with Gasteiger partial charge >= 0.3 is 0 Å². The molecule has 0 saturated carbocycles. The van der Waals surface area contributed by atoms with E-state index >= 15 is 0 Å². The van der Waals surface area contributed by atoms with Crippen LogP contribution in [0, 0.1) is 13.8 Å². The molecule has 0 fully saturated rings. The van der Waals surface area contributed by atoms with Crippen LogP contribution in [0.15, 0.2) is 24.3 Å². The first-order valence-electron chi connectivity index (χ1n) is 5.00. The van der Waals surface area contributed by atoms with E-state index in [9.17, 15) is 0 Å². The van der Waals surface area contributed by atoms with Crippen molar-refractivity contribution in [2.24, 2.45) is 0 Å². The summed E-state index contributed by atoms with van der Waals surface area (Å²) in [6.07, 6.45) is 4.27. The van der Waals surface area contributed by atoms with Crippen LogP contribution in [0.25, 0.3) is 15.8 Å². The molecule has 15 heavy (non-hydrogen) atoms. The Morgan fingerprint density at radius 3 is 2.47 bits per heavy atom. The molecule has 2 heteroatoms. The van der Waals surface area contributed by atoms with E-state index in [1.54, 1.807) is 0 Å². The van der Waals surface area contributed by atoms with E-state index in [1.165, 1.54) is 25.1 Å². The van der Waals surface area contributed by atoms with Crippen molar-refractivity contribution in [2.75, 3.05) is 0 Å². The molecule has 0 radical (unpaired) electrons. The Labute approximate surface area is 98.9 Å². The van der Waals surface area contributed by atoms with Gasteiger partial charge in [0.25, 0.3) is 0 Å². The molecular weight excluding hydrogens is 220 g/mol. The van der Waals surface area contributed by atoms with Crippen molar-refractivity contribution in [3.05, 3.63) is 39.6 Å². The average molecular weight is 234 g/mol. The maximum Gasteiger partial charge on any atom is 0.0451 e. The number of hydrogen-bond donors (Lipinski definition) is 0. The van der Waals surface area contributed by atoms with Crippen molar-refractivity contribution in [1.82, 2.24) is 0 Å². The second kappa shape index (κ2) is 4.33. The highest BCUT2D eigenvalue weighted by atomic mass is 32.1. The van der Waals surface area contributed by atoms with Crippen molar-refractivity contribution >= 4 is 28.7 Å². The molecule has 2 aromatic rings. The van der Waals surface area contributed by atoms with E-state index in [2.05, 4.69) is 51.1 Å². The predicted molar refractivity (Wildman–Crippen MR) is 71.8 cm³/mol. The zero-order valence-electron chi connectivity index (χ0n) is 9.20. The topological polar surface area (TPSA) is 0 Å². The van der Waals surface area contributed by atoms with Gasteiger partial charge in [0.2, 0.25) is 0 Å². The predicted octanol–water partition coefficient (Wildman–Crippen LogP) is 5.13. The number of allylic oxidation sites excluding steroid dienone is 1. The molecule has 0 N–H and O–H groups in total. The summed E-state index contributed by atoms with van der Waals surface area (Å²) in [6, 6.07) is 6.68. The molecular formula is C13H14S2. The maximum atomic E-state index is 2.28. The summed E-state index contributed by atoms with van der Waals surface area (Å²) in [7, 11) is 0. The highest BCUT2D eigenvalue weighted by Crippen LogP contribution is 2.35. The second-order valence-electron chi connectivity index (χ2n) is 3.53. The van der Waals surface area contributed by atoms with Crippen LogP contribution in [-0.2, 0) is 0 Å². The van der Waals surface area contributed by atoms with Gasteiger partial charge < -0.3 is 0 Å². The summed E-state index contributed by atoms with van der Waals surface area (Å²) >= 11 is 3.75. The minimum Gasteiger partial charge on any atom is -0.140 e. The average Bonchev–Trinajstić information content (AvgIpc) is 2.75. The minimum absolute atomic E-state index is 1.35. The van der Waals surface area contributed by atoms with Crippen LogP contribution in [-0.4, -0.2) is 0 Å². The molecule has 0 aliphatic carbocycles. The largest absolute Gasteiger partial charge is 0.140 e. The van der Waals surface area contributed by atoms with Crippen molar-refractivity contribution in [3.63, 3.8) is 0 Å². The first-order chi connectivity index (χ1) is 7.20. The van der Waals surface area contributed by atoms with Crippen molar-refractivity contribution in [3.8, 4) is 9.75 Å². The SMILES string of the molecule is C/C=C/c1cc(-c2ccc(C)s2)sc1C. The normalized spacial score (nSPS) is 11.4. The van der Waals surface area contributed by atoms with E-state index in [0.29, 0.717) is 0 Å². The van der Waals surface area contributed by atoms with Gasteiger partial charge in [-0.15, -0.1) is 22.7 Å². The van der Waals surface area contributed by atoms with Crippen LogP contribution in [0.3, 0.4) is 0 Å². The van der Waals surface area contributed by atoms with E-state index in [0.717, 1.165) is 0 Å². The van der Waals surface area contributed by atoms with Crippen LogP contribution in [0.4, 0.5) is 0 Å². The lowest BCUT2D eigenvalue weighted by Gasteiger charge is -1.87. The fraction of sp³-hybridized carbons (Fsp3) is 0.231. The highest BCUT2D eigenvalue weighted by molar-refractivity contribution is 7.22. The molecule has 0 aliphatic heterocycles. The number of rotatable bonds is 2. The Hall–Kier alpha value is -0.860. The van der Waals surface area contributed by atoms with Crippen molar-refractivity contribution in [2.45, 2.75) is 20.8 Å². The Bertz CT molecular complexity index is 486. The Morgan fingerprint density at radius 2 is 1.87 bits per heavy atom. The van der Waals surface area contributed by atoms with E-state index in [4.69, 9.17) is 0 Å². The lowest BCUT2D eigenvalue weighted by atomic mass is 10.2. The smallest absolute Gasteiger partial charge is 0.0451 e. The Kier molecular flexibility index (Phi) is 3.08. The third-order valence-corrected chi connectivity index (χ3v) is 4.55. The highest BCUT2D eigenvalue weighted by Gasteiger charge is 2.06. The minimum atomic E-state index is 1.35. The van der Waals surface area contributed by atoms with Crippen LogP contribution in [0.5, 0.6) is 0 Å². The van der Waals surface area contributed by atoms with Crippen molar-refractivity contribution < 1.29 is 0 Å². The molecule has 0 amide bonds. The molecule has 0 atom stereocenters. The first-order valence-corrected chi connectivity index (χ1v) is 6.64. The van der Waals surface area contributed by atoms with Gasteiger partial charge in [-0.2, -0.15) is 0 Å². The van der Waals surface area contributed by atoms with Crippen molar-refractivity contribution in [1.29, 1.82) is 0 Å². The van der Waals surface area contributed by atoms with Crippen LogP contribution in [0.1, 0.15) is 22.2 Å². The summed E-state index contributed by atoms with van der Waals surface area (Å²) in [5.41, 5.74) is 1.35. The molecule has 0 spiro atoms. The fourth-order valence-electron chi connectivity index (χ4n) is 1.53. The number of thiophene rings is 2. The molecule has 0 bridgehead atoms. The summed E-state index contributed by atoms with van der Waals surface area (Å²) in [6.45, 7) is 6.40. The zero-order chi connectivity index (χ0) is 10.8. The molecule has 0 saturated heterocycles. The van der Waals surface area contributed by atoms with Gasteiger partial charge in [0, 0.05) is 19.5 Å². The van der Waals surface area contributed by atoms with Gasteiger partial charge in [-0.3, -0.25) is 0 Å². The molecule has 2 heterocycles. The summed E-state index contributed by atoms with van der Waals surface area (Å²) in [5.74, 6) is 0. The number of aryl methyl sites for hydroxylation is 2. The van der Waals surface area contributed by atoms with Gasteiger partial charge in [0.05, 0.1) is 0 Å². The standard InChI is InChI=1S/C13H14S2/c1-4-5-11-8-13(15-10(11)3)12-7-6-9(2)14-12/h4-8H,1-3H3/b5-4+. The van der Waals surface area contributed by atoms with E-state index < -0.39 is 0 Å². The quantitative estimate of drug-likeness (QED) is 0.676. The lowest BCUT2D eigenvalue weighted by Crippen LogP contribution is -1.65. The molecule has 2 aromatic heterocycles. The van der Waals surface area contributed by atoms with Crippen LogP contribution >= 0.6 is 22.7 Å². The van der Waals surface area contributed by atoms with Gasteiger partial charge in [-0.05, 0) is 44.5 Å². The van der Waals surface area contributed by atoms with Crippen LogP contribution < -0.4 is 0 Å². The van der Waals surface area contributed by atoms with Gasteiger partial charge in [0.15, 0.2) is 0 Å². The van der Waals surface area contributed by atoms with Gasteiger partial charge in [0.1, 0.15) is 0 Å². The molecule has 78 valence electrons. The zero-order valence-corrected chi connectivity index (χ0v) is 10.8. The second-order valence-corrected chi connectivity index (χ2v) is 6.08. The maximum absolute atomic E-state index is 2.28. The molecule has 0 unspecified atom stereocenters. The molecule has 2 rings (SSSR count). The molecule has 0 nitrogen and oxygen atoms in total. The summed E-state index contributed by atoms with van der Waals surface area (Å²) in [4.78, 5) is 5.55. The first kappa shape index (κ1) is 10.7. The Balaban J connectivity index is 2.42. The summed E-state index contributed by atoms with van der Waals surface area (Å²) in [5, 5.41) is 0. The third-order valence-electron chi connectivity index (χ3n) is 2.29. The van der Waals surface area contributed by atoms with Gasteiger partial charge in [-0.25, -0.2) is 0 Å².